The standard InChI is InChI=1S/C14H22O7/c1-5-11(15)20-10(2)6-9-14(19-4)21-13(17)8-7-12(16)18-3/h7-8,10,14H,5-6,9H2,1-4H3/b8-7+. The Morgan fingerprint density at radius 2 is 1.62 bits per heavy atom. The molecule has 0 saturated heterocycles. The van der Waals surface area contributed by atoms with E-state index in [0.29, 0.717) is 19.3 Å². The molecule has 0 aromatic heterocycles. The van der Waals surface area contributed by atoms with Crippen LogP contribution in [0.2, 0.25) is 0 Å². The fourth-order valence-corrected chi connectivity index (χ4v) is 1.34. The molecular formula is C14H22O7. The number of carbonyl (C=O) groups is 3. The quantitative estimate of drug-likeness (QED) is 0.275. The van der Waals surface area contributed by atoms with E-state index in [-0.39, 0.29) is 12.1 Å². The van der Waals surface area contributed by atoms with Gasteiger partial charge in [-0.3, -0.25) is 4.79 Å². The minimum Gasteiger partial charge on any atom is -0.466 e. The van der Waals surface area contributed by atoms with Crippen molar-refractivity contribution in [2.24, 2.45) is 0 Å². The predicted octanol–water partition coefficient (Wildman–Crippen LogP) is 1.35. The van der Waals surface area contributed by atoms with Crippen LogP contribution in [0.3, 0.4) is 0 Å². The van der Waals surface area contributed by atoms with Gasteiger partial charge in [-0.25, -0.2) is 9.59 Å². The minimum absolute atomic E-state index is 0.283. The van der Waals surface area contributed by atoms with E-state index in [4.69, 9.17) is 14.2 Å². The molecule has 21 heavy (non-hydrogen) atoms. The summed E-state index contributed by atoms with van der Waals surface area (Å²) >= 11 is 0. The molecule has 0 aromatic carbocycles. The van der Waals surface area contributed by atoms with E-state index in [1.54, 1.807) is 13.8 Å². The van der Waals surface area contributed by atoms with Gasteiger partial charge in [0.2, 0.25) is 6.29 Å². The summed E-state index contributed by atoms with van der Waals surface area (Å²) in [5, 5.41) is 0. The Labute approximate surface area is 124 Å². The van der Waals surface area contributed by atoms with Crippen molar-refractivity contribution in [2.75, 3.05) is 14.2 Å². The van der Waals surface area contributed by atoms with Crippen LogP contribution in [0.15, 0.2) is 12.2 Å². The molecule has 2 atom stereocenters. The maximum absolute atomic E-state index is 11.4. The smallest absolute Gasteiger partial charge is 0.333 e. The third-order valence-electron chi connectivity index (χ3n) is 2.50. The number of hydrogen-bond acceptors (Lipinski definition) is 7. The highest BCUT2D eigenvalue weighted by atomic mass is 16.7. The molecular weight excluding hydrogens is 280 g/mol. The highest BCUT2D eigenvalue weighted by Gasteiger charge is 2.15. The summed E-state index contributed by atoms with van der Waals surface area (Å²) in [7, 11) is 2.60. The summed E-state index contributed by atoms with van der Waals surface area (Å²) in [6.07, 6.45) is 2.01. The molecule has 0 radical (unpaired) electrons. The molecule has 0 bridgehead atoms. The first-order valence-corrected chi connectivity index (χ1v) is 6.61. The molecule has 0 spiro atoms. The van der Waals surface area contributed by atoms with Gasteiger partial charge in [0.05, 0.1) is 13.2 Å². The molecule has 0 saturated carbocycles. The van der Waals surface area contributed by atoms with Crippen LogP contribution in [0, 0.1) is 0 Å². The molecule has 2 unspecified atom stereocenters. The lowest BCUT2D eigenvalue weighted by Crippen LogP contribution is -2.22. The fraction of sp³-hybridized carbons (Fsp3) is 0.643. The molecule has 0 N–H and O–H groups in total. The third kappa shape index (κ3) is 9.61. The van der Waals surface area contributed by atoms with Gasteiger partial charge in [-0.2, -0.15) is 0 Å². The maximum atomic E-state index is 11.4. The number of esters is 3. The van der Waals surface area contributed by atoms with Crippen LogP contribution in [0.1, 0.15) is 33.1 Å². The molecule has 7 nitrogen and oxygen atoms in total. The zero-order valence-electron chi connectivity index (χ0n) is 12.8. The number of rotatable bonds is 9. The second kappa shape index (κ2) is 10.8. The van der Waals surface area contributed by atoms with Gasteiger partial charge < -0.3 is 18.9 Å². The summed E-state index contributed by atoms with van der Waals surface area (Å²) in [5.74, 6) is -1.65. The van der Waals surface area contributed by atoms with Crippen LogP contribution in [0.4, 0.5) is 0 Å². The van der Waals surface area contributed by atoms with E-state index >= 15 is 0 Å². The Morgan fingerprint density at radius 1 is 1.00 bits per heavy atom. The Bertz CT molecular complexity index is 376. The first-order chi connectivity index (χ1) is 9.92. The molecule has 7 heteroatoms. The van der Waals surface area contributed by atoms with E-state index in [9.17, 15) is 14.4 Å². The largest absolute Gasteiger partial charge is 0.466 e. The van der Waals surface area contributed by atoms with Crippen LogP contribution in [-0.2, 0) is 33.3 Å². The molecule has 0 fully saturated rings. The van der Waals surface area contributed by atoms with Crippen molar-refractivity contribution in [3.63, 3.8) is 0 Å². The molecule has 120 valence electrons. The summed E-state index contributed by atoms with van der Waals surface area (Å²) in [4.78, 5) is 33.3. The average molecular weight is 302 g/mol. The highest BCUT2D eigenvalue weighted by Crippen LogP contribution is 2.10. The minimum atomic E-state index is -0.775. The van der Waals surface area contributed by atoms with Gasteiger partial charge in [0.15, 0.2) is 0 Å². The Kier molecular flexibility index (Phi) is 9.87. The van der Waals surface area contributed by atoms with Gasteiger partial charge >= 0.3 is 17.9 Å². The monoisotopic (exact) mass is 302 g/mol. The SMILES string of the molecule is CCC(=O)OC(C)CCC(OC)OC(=O)/C=C/C(=O)OC. The molecule has 0 amide bonds. The van der Waals surface area contributed by atoms with Crippen LogP contribution < -0.4 is 0 Å². The molecule has 0 aliphatic carbocycles. The predicted molar refractivity (Wildman–Crippen MR) is 73.1 cm³/mol. The molecule has 0 aliphatic rings. The van der Waals surface area contributed by atoms with E-state index in [1.807, 2.05) is 0 Å². The number of hydrogen-bond donors (Lipinski definition) is 0. The lowest BCUT2D eigenvalue weighted by molar-refractivity contribution is -0.171. The zero-order chi connectivity index (χ0) is 16.3. The summed E-state index contributed by atoms with van der Waals surface area (Å²) < 4.78 is 19.4. The maximum Gasteiger partial charge on any atom is 0.333 e. The molecule has 0 rings (SSSR count). The Morgan fingerprint density at radius 3 is 2.14 bits per heavy atom. The number of methoxy groups -OCH3 is 2. The second-order valence-corrected chi connectivity index (χ2v) is 4.19. The summed E-state index contributed by atoms with van der Waals surface area (Å²) in [6, 6.07) is 0. The molecule has 0 aliphatic heterocycles. The first-order valence-electron chi connectivity index (χ1n) is 6.61. The van der Waals surface area contributed by atoms with Crippen LogP contribution in [0.25, 0.3) is 0 Å². The highest BCUT2D eigenvalue weighted by molar-refractivity contribution is 5.91. The fourth-order valence-electron chi connectivity index (χ4n) is 1.34. The van der Waals surface area contributed by atoms with Crippen molar-refractivity contribution in [3.8, 4) is 0 Å². The van der Waals surface area contributed by atoms with Gasteiger partial charge in [-0.05, 0) is 13.3 Å². The second-order valence-electron chi connectivity index (χ2n) is 4.19. The lowest BCUT2D eigenvalue weighted by atomic mass is 10.2. The van der Waals surface area contributed by atoms with Gasteiger partial charge in [0.1, 0.15) is 0 Å². The van der Waals surface area contributed by atoms with Crippen molar-refractivity contribution in [2.45, 2.75) is 45.5 Å². The first kappa shape index (κ1) is 19.1. The van der Waals surface area contributed by atoms with Crippen LogP contribution in [0.5, 0.6) is 0 Å². The van der Waals surface area contributed by atoms with Crippen molar-refractivity contribution in [3.05, 3.63) is 12.2 Å². The number of ether oxygens (including phenoxy) is 4. The van der Waals surface area contributed by atoms with Crippen molar-refractivity contribution >= 4 is 17.9 Å². The number of carbonyl (C=O) groups excluding carboxylic acids is 3. The summed E-state index contributed by atoms with van der Waals surface area (Å²) in [5.41, 5.74) is 0. The van der Waals surface area contributed by atoms with Crippen LogP contribution in [-0.4, -0.2) is 44.5 Å². The van der Waals surface area contributed by atoms with E-state index < -0.39 is 18.2 Å². The van der Waals surface area contributed by atoms with Crippen molar-refractivity contribution in [1.29, 1.82) is 0 Å². The van der Waals surface area contributed by atoms with Gasteiger partial charge in [0, 0.05) is 32.1 Å². The zero-order valence-corrected chi connectivity index (χ0v) is 12.8. The van der Waals surface area contributed by atoms with Crippen molar-refractivity contribution in [1.82, 2.24) is 0 Å². The third-order valence-corrected chi connectivity index (χ3v) is 2.50. The summed E-state index contributed by atoms with van der Waals surface area (Å²) in [6.45, 7) is 3.46. The van der Waals surface area contributed by atoms with Crippen LogP contribution >= 0.6 is 0 Å². The average Bonchev–Trinajstić information content (AvgIpc) is 2.48. The molecule has 0 heterocycles. The Hall–Kier alpha value is -1.89. The normalized spacial score (nSPS) is 13.5. The van der Waals surface area contributed by atoms with Gasteiger partial charge in [0.25, 0.3) is 0 Å². The van der Waals surface area contributed by atoms with E-state index in [0.717, 1.165) is 12.2 Å². The lowest BCUT2D eigenvalue weighted by Gasteiger charge is -2.18. The van der Waals surface area contributed by atoms with Crippen molar-refractivity contribution < 1.29 is 33.3 Å². The van der Waals surface area contributed by atoms with Gasteiger partial charge in [-0.1, -0.05) is 6.92 Å². The van der Waals surface area contributed by atoms with E-state index in [2.05, 4.69) is 4.74 Å². The molecule has 0 aromatic rings. The Balaban J connectivity index is 4.16. The topological polar surface area (TPSA) is 88.1 Å². The van der Waals surface area contributed by atoms with Gasteiger partial charge in [-0.15, -0.1) is 0 Å². The van der Waals surface area contributed by atoms with E-state index in [1.165, 1.54) is 14.2 Å².